The van der Waals surface area contributed by atoms with Gasteiger partial charge in [0.15, 0.2) is 6.10 Å². The van der Waals surface area contributed by atoms with E-state index >= 15 is 0 Å². The highest BCUT2D eigenvalue weighted by atomic mass is 35.5. The summed E-state index contributed by atoms with van der Waals surface area (Å²) in [6.07, 6.45) is 2.07. The quantitative estimate of drug-likeness (QED) is 0.690. The topological polar surface area (TPSA) is 72.1 Å². The van der Waals surface area contributed by atoms with Crippen molar-refractivity contribution >= 4 is 29.2 Å². The van der Waals surface area contributed by atoms with E-state index in [0.717, 1.165) is 11.3 Å². The van der Waals surface area contributed by atoms with Crippen LogP contribution in [-0.4, -0.2) is 28.7 Å². The Morgan fingerprint density at radius 1 is 1.33 bits per heavy atom. The molecule has 27 heavy (non-hydrogen) atoms. The summed E-state index contributed by atoms with van der Waals surface area (Å²) in [5.74, 6) is -0.151. The van der Waals surface area contributed by atoms with Gasteiger partial charge in [-0.05, 0) is 43.2 Å². The number of hydrazone groups is 1. The summed E-state index contributed by atoms with van der Waals surface area (Å²) in [4.78, 5) is 24.6. The largest absolute Gasteiger partial charge is 0.467 e. The minimum Gasteiger partial charge on any atom is -0.467 e. The van der Waals surface area contributed by atoms with Crippen LogP contribution in [0.3, 0.4) is 0 Å². The second-order valence-corrected chi connectivity index (χ2v) is 6.79. The van der Waals surface area contributed by atoms with Crippen LogP contribution in [0.1, 0.15) is 50.5 Å². The maximum atomic E-state index is 12.9. The lowest BCUT2D eigenvalue weighted by Crippen LogP contribution is -2.37. The molecule has 0 spiro atoms. The average molecular weight is 389 g/mol. The van der Waals surface area contributed by atoms with E-state index in [1.54, 1.807) is 37.5 Å². The van der Waals surface area contributed by atoms with Crippen molar-refractivity contribution in [2.45, 2.75) is 45.3 Å². The molecule has 1 aliphatic rings. The predicted molar refractivity (Wildman–Crippen MR) is 101 cm³/mol. The molecule has 1 amide bonds. The zero-order valence-electron chi connectivity index (χ0n) is 15.2. The first-order chi connectivity index (χ1) is 13.0. The van der Waals surface area contributed by atoms with E-state index in [9.17, 15) is 9.59 Å². The molecule has 0 saturated carbocycles. The van der Waals surface area contributed by atoms with Gasteiger partial charge in [-0.25, -0.2) is 5.01 Å². The van der Waals surface area contributed by atoms with E-state index in [0.29, 0.717) is 23.6 Å². The molecule has 1 aliphatic heterocycles. The number of furan rings is 1. The third-order valence-electron chi connectivity index (χ3n) is 4.30. The lowest BCUT2D eigenvalue weighted by atomic mass is 10.0. The van der Waals surface area contributed by atoms with Gasteiger partial charge in [0.2, 0.25) is 0 Å². The van der Waals surface area contributed by atoms with Crippen LogP contribution in [0.25, 0.3) is 0 Å². The molecule has 142 valence electrons. The fraction of sp³-hybridized carbons (Fsp3) is 0.350. The number of hydrogen-bond acceptors (Lipinski definition) is 5. The minimum atomic E-state index is -0.921. The fourth-order valence-corrected chi connectivity index (χ4v) is 3.06. The van der Waals surface area contributed by atoms with E-state index < -0.39 is 12.1 Å². The highest BCUT2D eigenvalue weighted by Gasteiger charge is 2.37. The van der Waals surface area contributed by atoms with Crippen LogP contribution in [0.15, 0.2) is 52.2 Å². The summed E-state index contributed by atoms with van der Waals surface area (Å²) in [5.41, 5.74) is 1.62. The van der Waals surface area contributed by atoms with Gasteiger partial charge in [-0.1, -0.05) is 30.7 Å². The van der Waals surface area contributed by atoms with Crippen LogP contribution in [-0.2, 0) is 14.3 Å². The van der Waals surface area contributed by atoms with Gasteiger partial charge in [0.1, 0.15) is 11.8 Å². The highest BCUT2D eigenvalue weighted by molar-refractivity contribution is 6.30. The first-order valence-electron chi connectivity index (χ1n) is 8.89. The summed E-state index contributed by atoms with van der Waals surface area (Å²) in [7, 11) is 0. The third-order valence-corrected chi connectivity index (χ3v) is 4.55. The van der Waals surface area contributed by atoms with Crippen LogP contribution < -0.4 is 0 Å². The number of amides is 1. The summed E-state index contributed by atoms with van der Waals surface area (Å²) in [5, 5.41) is 6.49. The monoisotopic (exact) mass is 388 g/mol. The Bertz CT molecular complexity index is 830. The average Bonchev–Trinajstić information content (AvgIpc) is 3.31. The van der Waals surface area contributed by atoms with Gasteiger partial charge in [0, 0.05) is 17.9 Å². The lowest BCUT2D eigenvalue weighted by Gasteiger charge is -2.23. The molecule has 1 aromatic carbocycles. The smallest absolute Gasteiger partial charge is 0.306 e. The summed E-state index contributed by atoms with van der Waals surface area (Å²) in [6.45, 7) is 3.44. The van der Waals surface area contributed by atoms with Crippen molar-refractivity contribution in [2.75, 3.05) is 0 Å². The molecule has 7 heteroatoms. The van der Waals surface area contributed by atoms with Crippen LogP contribution >= 0.6 is 11.6 Å². The second-order valence-electron chi connectivity index (χ2n) is 6.35. The number of carbonyl (C=O) groups is 2. The number of hydrogen-bond donors (Lipinski definition) is 0. The number of rotatable bonds is 6. The molecule has 1 aromatic heterocycles. The van der Waals surface area contributed by atoms with E-state index in [4.69, 9.17) is 20.8 Å². The van der Waals surface area contributed by atoms with Gasteiger partial charge in [-0.15, -0.1) is 0 Å². The molecule has 6 nitrogen and oxygen atoms in total. The molecule has 2 heterocycles. The van der Waals surface area contributed by atoms with E-state index in [1.807, 2.05) is 19.1 Å². The molecule has 2 atom stereocenters. The molecule has 0 bridgehead atoms. The first-order valence-corrected chi connectivity index (χ1v) is 9.26. The van der Waals surface area contributed by atoms with Crippen molar-refractivity contribution in [1.82, 2.24) is 5.01 Å². The number of carbonyl (C=O) groups excluding carboxylic acids is 2. The number of ether oxygens (including phenoxy) is 1. The van der Waals surface area contributed by atoms with Gasteiger partial charge >= 0.3 is 5.97 Å². The zero-order chi connectivity index (χ0) is 19.4. The van der Waals surface area contributed by atoms with Crippen molar-refractivity contribution in [3.8, 4) is 0 Å². The SMILES string of the molecule is CCCC(=O)O[C@@H](C)C(=O)N1N=C(c2ccc(Cl)cc2)C[C@H]1c1ccco1. The normalized spacial score (nSPS) is 17.5. The molecule has 0 aliphatic carbocycles. The molecular weight excluding hydrogens is 368 g/mol. The molecule has 0 saturated heterocycles. The number of halogens is 1. The summed E-state index contributed by atoms with van der Waals surface area (Å²) < 4.78 is 10.7. The van der Waals surface area contributed by atoms with Crippen molar-refractivity contribution in [1.29, 1.82) is 0 Å². The molecule has 0 fully saturated rings. The van der Waals surface area contributed by atoms with Gasteiger partial charge in [-0.2, -0.15) is 5.10 Å². The van der Waals surface area contributed by atoms with Gasteiger partial charge < -0.3 is 9.15 Å². The fourth-order valence-electron chi connectivity index (χ4n) is 2.93. The number of nitrogens with zero attached hydrogens (tertiary/aromatic N) is 2. The number of benzene rings is 1. The second kappa shape index (κ2) is 8.39. The van der Waals surface area contributed by atoms with Gasteiger partial charge in [0.05, 0.1) is 12.0 Å². The standard InChI is InChI=1S/C20H21ClN2O4/c1-3-5-19(24)27-13(2)20(25)23-17(18-6-4-11-26-18)12-16(22-23)14-7-9-15(21)10-8-14/h4,6-11,13,17H,3,5,12H2,1-2H3/t13-,17-/m0/s1. The highest BCUT2D eigenvalue weighted by Crippen LogP contribution is 2.34. The Hall–Kier alpha value is -2.60. The zero-order valence-corrected chi connectivity index (χ0v) is 16.0. The number of esters is 1. The Kier molecular flexibility index (Phi) is 5.96. The van der Waals surface area contributed by atoms with Crippen molar-refractivity contribution in [3.63, 3.8) is 0 Å². The molecule has 0 radical (unpaired) electrons. The summed E-state index contributed by atoms with van der Waals surface area (Å²) >= 11 is 5.96. The maximum absolute atomic E-state index is 12.9. The maximum Gasteiger partial charge on any atom is 0.306 e. The Morgan fingerprint density at radius 3 is 2.70 bits per heavy atom. The van der Waals surface area contributed by atoms with Gasteiger partial charge in [-0.3, -0.25) is 9.59 Å². The van der Waals surface area contributed by atoms with Crippen LogP contribution in [0.5, 0.6) is 0 Å². The van der Waals surface area contributed by atoms with E-state index in [2.05, 4.69) is 5.10 Å². The van der Waals surface area contributed by atoms with Crippen molar-refractivity contribution in [3.05, 3.63) is 59.0 Å². The van der Waals surface area contributed by atoms with E-state index in [-0.39, 0.29) is 18.4 Å². The van der Waals surface area contributed by atoms with Crippen LogP contribution in [0, 0.1) is 0 Å². The van der Waals surface area contributed by atoms with Crippen molar-refractivity contribution in [2.24, 2.45) is 5.10 Å². The van der Waals surface area contributed by atoms with Gasteiger partial charge in [0.25, 0.3) is 5.91 Å². The molecule has 0 N–H and O–H groups in total. The predicted octanol–water partition coefficient (Wildman–Crippen LogP) is 4.34. The Morgan fingerprint density at radius 2 is 2.07 bits per heavy atom. The van der Waals surface area contributed by atoms with E-state index in [1.165, 1.54) is 5.01 Å². The molecule has 0 unspecified atom stereocenters. The molecule has 3 rings (SSSR count). The third kappa shape index (κ3) is 4.39. The molecule has 2 aromatic rings. The van der Waals surface area contributed by atoms with Crippen LogP contribution in [0.4, 0.5) is 0 Å². The van der Waals surface area contributed by atoms with Crippen LogP contribution in [0.2, 0.25) is 5.02 Å². The first kappa shape index (κ1) is 19.2. The Labute approximate surface area is 162 Å². The van der Waals surface area contributed by atoms with Crippen molar-refractivity contribution < 1.29 is 18.7 Å². The minimum absolute atomic E-state index is 0.276. The Balaban J connectivity index is 1.84. The summed E-state index contributed by atoms with van der Waals surface area (Å²) in [6, 6.07) is 10.5. The molecular formula is C20H21ClN2O4. The lowest BCUT2D eigenvalue weighted by molar-refractivity contribution is -0.160.